The summed E-state index contributed by atoms with van der Waals surface area (Å²) in [7, 11) is 0. The summed E-state index contributed by atoms with van der Waals surface area (Å²) < 4.78 is 74.8. The molecule has 0 bridgehead atoms. The Morgan fingerprint density at radius 1 is 0.443 bits per heavy atom. The van der Waals surface area contributed by atoms with Gasteiger partial charge in [0.1, 0.15) is 171 Å². The molecule has 7 saturated heterocycles. The van der Waals surface area contributed by atoms with Crippen LogP contribution < -0.4 is 21.3 Å². The van der Waals surface area contributed by atoms with E-state index in [0.717, 1.165) is 20.8 Å². The van der Waals surface area contributed by atoms with Crippen LogP contribution in [0.5, 0.6) is 0 Å². The van der Waals surface area contributed by atoms with E-state index in [1.165, 1.54) is 0 Å². The number of nitrogens with one attached hydrogen (secondary N) is 4. The Hall–Kier alpha value is -4.01. The average molecular weight is 1420 g/mol. The molecule has 4 amide bonds. The second kappa shape index (κ2) is 34.8. The summed E-state index contributed by atoms with van der Waals surface area (Å²) in [5.41, 5.74) is 0. The fraction of sp³-hybridized carbons (Fsp3) is 0.906. The van der Waals surface area contributed by atoms with Crippen LogP contribution in [0.4, 0.5) is 0 Å². The summed E-state index contributed by atoms with van der Waals surface area (Å²) in [6, 6.07) is -7.30. The first-order chi connectivity index (χ1) is 45.7. The van der Waals surface area contributed by atoms with Gasteiger partial charge in [-0.25, -0.2) is 4.79 Å². The van der Waals surface area contributed by atoms with Crippen LogP contribution >= 0.6 is 0 Å². The molecule has 0 spiro atoms. The third-order valence-corrected chi connectivity index (χ3v) is 17.2. The zero-order valence-corrected chi connectivity index (χ0v) is 51.8. The SMILES string of the molecule is CC(=O)N[C@@H]1[C@@H](O[C@@H]2O[C@H](CO)[C@H](O)[C@H](O[C@@H]3O[C@H](CO)[C@@H](O[C@@H]4O[C@H](CO)[C@H](O)[C@H](O)[C@H]4O)[C@H](O)[C@H]3NC(C)=O)[C@H]2O)[C@@H](O)[C@@H](CO[C@@H]2O[C@H](CO)[C@@H](O[C@@H]3O[C@H](CO)[C@H](O)[C@H](O[C@]4(C(=O)O)C[C@H](O)[C@@H](NC(=O)CO)[C@H]([C@H](O)[C@H](O)CO)O4)[C@H]3O)[C@H](O)[C@H]2NC(C)=O)O[C@@H]1O. The van der Waals surface area contributed by atoms with Crippen LogP contribution in [0.3, 0.4) is 0 Å². The van der Waals surface area contributed by atoms with Gasteiger partial charge in [0.25, 0.3) is 5.79 Å². The second-order valence-electron chi connectivity index (χ2n) is 24.0. The van der Waals surface area contributed by atoms with Gasteiger partial charge in [0, 0.05) is 27.2 Å². The lowest BCUT2D eigenvalue weighted by molar-refractivity contribution is -0.384. The smallest absolute Gasteiger partial charge is 0.364 e. The van der Waals surface area contributed by atoms with Crippen molar-refractivity contribution in [3.63, 3.8) is 0 Å². The van der Waals surface area contributed by atoms with Crippen LogP contribution in [0.1, 0.15) is 27.2 Å². The number of hydrogen-bond acceptors (Lipinski definition) is 39. The third kappa shape index (κ3) is 17.9. The number of aliphatic carboxylic acids is 1. The molecule has 0 aromatic heterocycles. The van der Waals surface area contributed by atoms with Gasteiger partial charge in [-0.05, 0) is 0 Å². The van der Waals surface area contributed by atoms with Crippen molar-refractivity contribution in [2.45, 2.75) is 247 Å². The number of rotatable bonds is 27. The molecule has 44 nitrogen and oxygen atoms in total. The summed E-state index contributed by atoms with van der Waals surface area (Å²) >= 11 is 0. The van der Waals surface area contributed by atoms with Crippen LogP contribution in [-0.2, 0) is 85.6 Å². The quantitative estimate of drug-likeness (QED) is 0.0363. The van der Waals surface area contributed by atoms with Crippen molar-refractivity contribution in [3.8, 4) is 0 Å². The summed E-state index contributed by atoms with van der Waals surface area (Å²) in [4.78, 5) is 63.2. The molecule has 97 heavy (non-hydrogen) atoms. The predicted octanol–water partition coefficient (Wildman–Crippen LogP) is -17.5. The lowest BCUT2D eigenvalue weighted by Crippen LogP contribution is -2.71. The zero-order valence-electron chi connectivity index (χ0n) is 51.8. The topological polar surface area (TPSA) is 699 Å². The Morgan fingerprint density at radius 3 is 1.35 bits per heavy atom. The van der Waals surface area contributed by atoms with Crippen molar-refractivity contribution >= 4 is 29.6 Å². The minimum atomic E-state index is -3.28. The number of carbonyl (C=O) groups is 5. The highest BCUT2D eigenvalue weighted by Gasteiger charge is 2.62. The Kier molecular flexibility index (Phi) is 28.8. The number of carboxylic acids is 1. The maximum atomic E-state index is 13.1. The first-order valence-electron chi connectivity index (χ1n) is 30.4. The second-order valence-corrected chi connectivity index (χ2v) is 24.0. The molecule has 0 aliphatic carbocycles. The molecule has 44 heteroatoms. The van der Waals surface area contributed by atoms with E-state index >= 15 is 0 Å². The molecule has 7 rings (SSSR count). The number of ether oxygens (including phenoxy) is 13. The summed E-state index contributed by atoms with van der Waals surface area (Å²) in [6.07, 6.45) is -64.9. The molecule has 0 aromatic carbocycles. The molecule has 36 atom stereocenters. The molecule has 0 radical (unpaired) electrons. The van der Waals surface area contributed by atoms with Crippen molar-refractivity contribution < 1.29 is 198 Å². The third-order valence-electron chi connectivity index (χ3n) is 17.2. The van der Waals surface area contributed by atoms with Gasteiger partial charge in [-0.3, -0.25) is 19.2 Å². The van der Waals surface area contributed by atoms with Gasteiger partial charge in [-0.15, -0.1) is 0 Å². The first-order valence-corrected chi connectivity index (χ1v) is 30.4. The van der Waals surface area contributed by atoms with Gasteiger partial charge in [-0.2, -0.15) is 0 Å². The van der Waals surface area contributed by atoms with Gasteiger partial charge in [0.15, 0.2) is 37.7 Å². The molecule has 7 fully saturated rings. The number of aliphatic hydroxyl groups excluding tert-OH is 21. The number of carbonyl (C=O) groups excluding carboxylic acids is 4. The summed E-state index contributed by atoms with van der Waals surface area (Å²) in [6.45, 7) is -5.82. The highest BCUT2D eigenvalue weighted by Crippen LogP contribution is 2.40. The van der Waals surface area contributed by atoms with E-state index in [1.807, 2.05) is 0 Å². The van der Waals surface area contributed by atoms with Gasteiger partial charge in [-0.1, -0.05) is 0 Å². The maximum absolute atomic E-state index is 13.1. The normalized spacial score (nSPS) is 45.7. The molecule has 0 aromatic rings. The minimum Gasteiger partial charge on any atom is -0.477 e. The highest BCUT2D eigenvalue weighted by atomic mass is 16.8. The number of amides is 4. The van der Waals surface area contributed by atoms with E-state index in [0.29, 0.717) is 0 Å². The molecule has 26 N–H and O–H groups in total. The molecule has 7 heterocycles. The van der Waals surface area contributed by atoms with E-state index in [4.69, 9.17) is 61.6 Å². The Labute approximate surface area is 548 Å². The lowest BCUT2D eigenvalue weighted by atomic mass is 9.88. The molecular weight excluding hydrogens is 1330 g/mol. The van der Waals surface area contributed by atoms with Crippen LogP contribution in [0, 0.1) is 0 Å². The van der Waals surface area contributed by atoms with E-state index in [-0.39, 0.29) is 0 Å². The lowest BCUT2D eigenvalue weighted by Gasteiger charge is -2.51. The number of hydrogen-bond donors (Lipinski definition) is 26. The van der Waals surface area contributed by atoms with Crippen molar-refractivity contribution in [3.05, 3.63) is 0 Å². The average Bonchev–Trinajstić information content (AvgIpc) is 0.762. The molecule has 560 valence electrons. The fourth-order valence-corrected chi connectivity index (χ4v) is 12.2. The van der Waals surface area contributed by atoms with E-state index in [1.54, 1.807) is 0 Å². The van der Waals surface area contributed by atoms with Crippen LogP contribution in [0.25, 0.3) is 0 Å². The van der Waals surface area contributed by atoms with Crippen molar-refractivity contribution in [1.82, 2.24) is 21.3 Å². The number of aliphatic hydroxyl groups is 21. The van der Waals surface area contributed by atoms with Gasteiger partial charge in [0.05, 0.1) is 58.4 Å². The monoisotopic (exact) mass is 1420 g/mol. The molecule has 0 saturated carbocycles. The summed E-state index contributed by atoms with van der Waals surface area (Å²) in [5, 5.41) is 247. The highest BCUT2D eigenvalue weighted by molar-refractivity contribution is 5.78. The molecule has 7 aliphatic heterocycles. The van der Waals surface area contributed by atoms with E-state index in [9.17, 15) is 136 Å². The van der Waals surface area contributed by atoms with Crippen LogP contribution in [0.2, 0.25) is 0 Å². The van der Waals surface area contributed by atoms with Gasteiger partial charge >= 0.3 is 5.97 Å². The van der Waals surface area contributed by atoms with E-state index < -0.39 is 309 Å². The summed E-state index contributed by atoms with van der Waals surface area (Å²) in [5.74, 6) is -9.29. The first kappa shape index (κ1) is 80.3. The fourth-order valence-electron chi connectivity index (χ4n) is 12.2. The largest absolute Gasteiger partial charge is 0.477 e. The van der Waals surface area contributed by atoms with Gasteiger partial charge in [0.2, 0.25) is 23.6 Å². The van der Waals surface area contributed by atoms with Gasteiger partial charge < -0.3 is 195 Å². The predicted molar refractivity (Wildman–Crippen MR) is 297 cm³/mol. The Morgan fingerprint density at radius 2 is 0.866 bits per heavy atom. The molecule has 0 unspecified atom stereocenters. The maximum Gasteiger partial charge on any atom is 0.364 e. The van der Waals surface area contributed by atoms with Crippen molar-refractivity contribution in [2.75, 3.05) is 52.9 Å². The number of carboxylic acid groups (broad SMARTS) is 1. The Balaban J connectivity index is 1.08. The van der Waals surface area contributed by atoms with Crippen molar-refractivity contribution in [2.24, 2.45) is 0 Å². The Bertz CT molecular complexity index is 2560. The van der Waals surface area contributed by atoms with Crippen molar-refractivity contribution in [1.29, 1.82) is 0 Å². The van der Waals surface area contributed by atoms with Crippen LogP contribution in [0.15, 0.2) is 0 Å². The standard InChI is InChI=1S/C53H88N4O40/c1-13(65)54-26-34(76)40(93-51-39(81)45(32(74)20(8-61)89-51)97-53(52(83)84)4-16(68)25(57-24(70)11-64)43(96-53)29(71)17(69)5-58)21(9-62)90-47(26)85-12-23-33(75)42(28(46(82)86-23)56-15(3)67)94-50-38(80)44(31(73)19(7-60)88-50)95-48-27(55-14(2)66)35(77)41(22(10-63)91-48)92-49-37(79)36(78)30(72)18(6-59)87-49/h16-23,25-51,58-64,68-69,71-82H,4-12H2,1-3H3,(H,54,65)(H,55,66)(H,56,67)(H,57,70)(H,83,84)/t16-,17+,18+,19+,20+,21+,22+,23+,25+,26+,27+,28+,29+,30-,31-,32-,33-,34+,35+,36-,37+,38+,39+,40+,41+,42+,43+,44-,45-,46-,47+,48-,49-,50-,51-,53-/m0/s1. The van der Waals surface area contributed by atoms with Crippen LogP contribution in [-0.4, -0.2) is 415 Å². The minimum absolute atomic E-state index is 0.873. The van der Waals surface area contributed by atoms with E-state index in [2.05, 4.69) is 21.3 Å². The molecule has 7 aliphatic rings. The zero-order chi connectivity index (χ0) is 72.0. The molecular formula is C53H88N4O40.